The Balaban J connectivity index is 1.81. The second-order valence-electron chi connectivity index (χ2n) is 9.91. The zero-order chi connectivity index (χ0) is 32.7. The number of nitro benzene ring substituents is 1. The highest BCUT2D eigenvalue weighted by atomic mass is 79.9. The van der Waals surface area contributed by atoms with E-state index in [1.54, 1.807) is 19.1 Å². The molecule has 3 aromatic carbocycles. The molecule has 0 saturated heterocycles. The predicted molar refractivity (Wildman–Crippen MR) is 167 cm³/mol. The first kappa shape index (κ1) is 34.6. The summed E-state index contributed by atoms with van der Waals surface area (Å²) in [6, 6.07) is 12.4. The molecule has 0 radical (unpaired) electrons. The van der Waals surface area contributed by atoms with E-state index in [0.29, 0.717) is 5.56 Å². The molecule has 1 atom stereocenters. The third-order valence-electron chi connectivity index (χ3n) is 5.88. The number of hydrogen-bond donors (Lipinski definition) is 2. The first-order valence-corrected chi connectivity index (χ1v) is 16.9. The smallest absolute Gasteiger partial charge is 0.339 e. The number of amides is 1. The minimum absolute atomic E-state index is 0.00667. The molecule has 0 bridgehead atoms. The van der Waals surface area contributed by atoms with Crippen molar-refractivity contribution in [2.45, 2.75) is 49.9 Å². The number of nitro groups is 1. The van der Waals surface area contributed by atoms with E-state index < -0.39 is 47.6 Å². The maximum atomic E-state index is 13.0. The van der Waals surface area contributed by atoms with Crippen molar-refractivity contribution < 1.29 is 35.5 Å². The summed E-state index contributed by atoms with van der Waals surface area (Å²) in [7, 11) is -8.48. The highest BCUT2D eigenvalue weighted by Crippen LogP contribution is 2.38. The maximum Gasteiger partial charge on any atom is 0.339 e. The number of ether oxygens (including phenoxy) is 1. The van der Waals surface area contributed by atoms with Crippen LogP contribution in [0, 0.1) is 23.0 Å². The van der Waals surface area contributed by atoms with E-state index in [4.69, 9.17) is 8.92 Å². The third kappa shape index (κ3) is 9.32. The first-order valence-electron chi connectivity index (χ1n) is 13.2. The summed E-state index contributed by atoms with van der Waals surface area (Å²) in [5, 5.41) is 15.0. The molecule has 0 fully saturated rings. The number of benzene rings is 3. The number of halogens is 1. The van der Waals surface area contributed by atoms with E-state index in [2.05, 4.69) is 31.2 Å². The minimum Gasteiger partial charge on any atom is -0.490 e. The van der Waals surface area contributed by atoms with Gasteiger partial charge >= 0.3 is 10.1 Å². The van der Waals surface area contributed by atoms with Crippen LogP contribution in [0.1, 0.15) is 38.3 Å². The monoisotopic (exact) mass is 710 g/mol. The molecule has 2 N–H and O–H groups in total. The third-order valence-corrected chi connectivity index (χ3v) is 9.18. The van der Waals surface area contributed by atoms with Gasteiger partial charge in [0, 0.05) is 12.1 Å². The quantitative estimate of drug-likeness (QED) is 0.104. The summed E-state index contributed by atoms with van der Waals surface area (Å²) in [4.78, 5) is 22.9. The number of nitrogens with zero attached hydrogens (tertiary/aromatic N) is 2. The van der Waals surface area contributed by atoms with E-state index >= 15 is 0 Å². The lowest BCUT2D eigenvalue weighted by atomic mass is 10.0. The van der Waals surface area contributed by atoms with E-state index in [1.165, 1.54) is 36.5 Å². The van der Waals surface area contributed by atoms with Crippen molar-refractivity contribution in [1.29, 1.82) is 0 Å². The molecule has 0 unspecified atom stereocenters. The second kappa shape index (κ2) is 14.7. The lowest BCUT2D eigenvalue weighted by Gasteiger charge is -2.19. The SMILES string of the molecule is CCOc1cc(/C=N\NC(=O)[C@@H](CC(C)C)NS(=O)(=O)c2ccc(C)cc2)cc(Br)c1OS(=O)(=O)c1cccc([N+](=O)[O-])c1. The van der Waals surface area contributed by atoms with Gasteiger partial charge in [0.1, 0.15) is 10.9 Å². The minimum atomic E-state index is -4.49. The number of hydrazone groups is 1. The molecule has 0 heterocycles. The van der Waals surface area contributed by atoms with Crippen molar-refractivity contribution in [3.05, 3.63) is 86.4 Å². The Labute approximate surface area is 264 Å². The Morgan fingerprint density at radius 3 is 2.36 bits per heavy atom. The van der Waals surface area contributed by atoms with Crippen LogP contribution in [0.15, 0.2) is 80.0 Å². The lowest BCUT2D eigenvalue weighted by molar-refractivity contribution is -0.385. The van der Waals surface area contributed by atoms with Crippen molar-refractivity contribution >= 4 is 53.9 Å². The number of non-ortho nitro benzene ring substituents is 1. The molecule has 1 amide bonds. The van der Waals surface area contributed by atoms with Gasteiger partial charge < -0.3 is 8.92 Å². The van der Waals surface area contributed by atoms with E-state index in [-0.39, 0.29) is 39.8 Å². The van der Waals surface area contributed by atoms with Crippen molar-refractivity contribution in [1.82, 2.24) is 10.1 Å². The van der Waals surface area contributed by atoms with Crippen LogP contribution >= 0.6 is 15.9 Å². The van der Waals surface area contributed by atoms with E-state index in [1.807, 2.05) is 20.8 Å². The van der Waals surface area contributed by atoms with Gasteiger partial charge in [-0.3, -0.25) is 14.9 Å². The zero-order valence-corrected chi connectivity index (χ0v) is 27.4. The molecule has 13 nitrogen and oxygen atoms in total. The Hall–Kier alpha value is -3.86. The van der Waals surface area contributed by atoms with Gasteiger partial charge in [0.25, 0.3) is 11.6 Å². The summed E-state index contributed by atoms with van der Waals surface area (Å²) in [6.45, 7) is 7.32. The highest BCUT2D eigenvalue weighted by molar-refractivity contribution is 9.10. The fraction of sp³-hybridized carbons (Fsp3) is 0.286. The molecule has 3 aromatic rings. The standard InChI is InChI=1S/C28H31BrN4O9S2/c1-5-41-26-15-20(14-24(29)27(26)42-44(39,40)23-8-6-7-21(16-23)33(35)36)17-30-31-28(34)25(13-18(2)3)32-43(37,38)22-11-9-19(4)10-12-22/h6-12,14-18,25,32H,5,13H2,1-4H3,(H,31,34)/b30-17-/t25-/m1/s1. The van der Waals surface area contributed by atoms with Gasteiger partial charge in [-0.15, -0.1) is 0 Å². The Kier molecular flexibility index (Phi) is 11.6. The van der Waals surface area contributed by atoms with Crippen LogP contribution in [0.2, 0.25) is 0 Å². The van der Waals surface area contributed by atoms with Crippen LogP contribution in [0.4, 0.5) is 5.69 Å². The molecule has 0 aliphatic carbocycles. The van der Waals surface area contributed by atoms with Gasteiger partial charge in [-0.2, -0.15) is 18.2 Å². The Morgan fingerprint density at radius 1 is 1.07 bits per heavy atom. The van der Waals surface area contributed by atoms with Crippen LogP contribution in [0.25, 0.3) is 0 Å². The average Bonchev–Trinajstić information content (AvgIpc) is 2.94. The van der Waals surface area contributed by atoms with Gasteiger partial charge in [-0.25, -0.2) is 13.8 Å². The normalized spacial score (nSPS) is 12.7. The summed E-state index contributed by atoms with van der Waals surface area (Å²) in [5.74, 6) is -0.905. The first-order chi connectivity index (χ1) is 20.6. The van der Waals surface area contributed by atoms with Crippen molar-refractivity contribution in [3.8, 4) is 11.5 Å². The second-order valence-corrected chi connectivity index (χ2v) is 14.0. The fourth-order valence-electron chi connectivity index (χ4n) is 3.82. The molecule has 236 valence electrons. The van der Waals surface area contributed by atoms with Crippen LogP contribution in [0.5, 0.6) is 11.5 Å². The summed E-state index contributed by atoms with van der Waals surface area (Å²) in [5.41, 5.74) is 3.17. The van der Waals surface area contributed by atoms with Crippen LogP contribution in [-0.4, -0.2) is 46.5 Å². The summed E-state index contributed by atoms with van der Waals surface area (Å²) < 4.78 is 65.1. The topological polar surface area (TPSA) is 183 Å². The Bertz CT molecular complexity index is 1760. The van der Waals surface area contributed by atoms with Crippen LogP contribution < -0.4 is 19.1 Å². The predicted octanol–water partition coefficient (Wildman–Crippen LogP) is 4.68. The molecule has 3 rings (SSSR count). The fourth-order valence-corrected chi connectivity index (χ4v) is 6.67. The molecule has 0 aliphatic heterocycles. The van der Waals surface area contributed by atoms with E-state index in [9.17, 15) is 31.7 Å². The van der Waals surface area contributed by atoms with Gasteiger partial charge in [0.2, 0.25) is 10.0 Å². The number of aryl methyl sites for hydroxylation is 1. The van der Waals surface area contributed by atoms with Crippen molar-refractivity contribution in [3.63, 3.8) is 0 Å². The average molecular weight is 712 g/mol. The van der Waals surface area contributed by atoms with Gasteiger partial charge in [0.15, 0.2) is 11.5 Å². The number of carbonyl (C=O) groups is 1. The van der Waals surface area contributed by atoms with Gasteiger partial charge in [-0.1, -0.05) is 37.6 Å². The van der Waals surface area contributed by atoms with Crippen LogP contribution in [-0.2, 0) is 24.9 Å². The zero-order valence-electron chi connectivity index (χ0n) is 24.2. The van der Waals surface area contributed by atoms with Crippen molar-refractivity contribution in [2.75, 3.05) is 6.61 Å². The molecule has 16 heteroatoms. The number of nitrogens with one attached hydrogen (secondary N) is 2. The number of sulfonamides is 1. The molecular formula is C28H31BrN4O9S2. The summed E-state index contributed by atoms with van der Waals surface area (Å²) in [6.07, 6.45) is 1.46. The molecule has 0 aromatic heterocycles. The highest BCUT2D eigenvalue weighted by Gasteiger charge is 2.27. The summed E-state index contributed by atoms with van der Waals surface area (Å²) >= 11 is 3.26. The lowest BCUT2D eigenvalue weighted by Crippen LogP contribution is -2.46. The largest absolute Gasteiger partial charge is 0.490 e. The number of hydrogen-bond acceptors (Lipinski definition) is 10. The van der Waals surface area contributed by atoms with Crippen LogP contribution in [0.3, 0.4) is 0 Å². The number of carbonyl (C=O) groups excluding carboxylic acids is 1. The number of rotatable bonds is 14. The molecule has 0 saturated carbocycles. The van der Waals surface area contributed by atoms with Gasteiger partial charge in [-0.05, 0) is 78.0 Å². The van der Waals surface area contributed by atoms with Crippen molar-refractivity contribution in [2.24, 2.45) is 11.0 Å². The van der Waals surface area contributed by atoms with E-state index in [0.717, 1.165) is 23.8 Å². The molecule has 0 spiro atoms. The maximum absolute atomic E-state index is 13.0. The molecular weight excluding hydrogens is 680 g/mol. The molecule has 0 aliphatic rings. The Morgan fingerprint density at radius 2 is 1.75 bits per heavy atom. The molecule has 44 heavy (non-hydrogen) atoms. The van der Waals surface area contributed by atoms with Gasteiger partial charge in [0.05, 0.1) is 27.1 Å².